The van der Waals surface area contributed by atoms with Crippen LogP contribution in [0.15, 0.2) is 18.5 Å². The molecule has 0 saturated heterocycles. The van der Waals surface area contributed by atoms with Gasteiger partial charge in [-0.2, -0.15) is 5.10 Å². The van der Waals surface area contributed by atoms with Crippen molar-refractivity contribution in [1.29, 1.82) is 0 Å². The van der Waals surface area contributed by atoms with Gasteiger partial charge in [-0.25, -0.2) is 0 Å². The molecule has 2 aromatic heterocycles. The Hall–Kier alpha value is -1.38. The molecule has 0 N–H and O–H groups in total. The third kappa shape index (κ3) is 0.897. The molecule has 0 spiro atoms. The molecule has 0 aliphatic rings. The van der Waals surface area contributed by atoms with Gasteiger partial charge in [0.1, 0.15) is 0 Å². The highest BCUT2D eigenvalue weighted by atomic mass is 15.3. The lowest BCUT2D eigenvalue weighted by molar-refractivity contribution is 0.684. The minimum Gasteiger partial charge on any atom is -0.265 e. The van der Waals surface area contributed by atoms with Gasteiger partial charge in [0.2, 0.25) is 0 Å². The highest BCUT2D eigenvalue weighted by molar-refractivity contribution is 5.80. The lowest BCUT2D eigenvalue weighted by Crippen LogP contribution is -1.95. The smallest absolute Gasteiger partial charge is 0.0715 e. The van der Waals surface area contributed by atoms with Crippen molar-refractivity contribution in [3.05, 3.63) is 24.2 Å². The van der Waals surface area contributed by atoms with Gasteiger partial charge in [0.05, 0.1) is 11.7 Å². The molecule has 0 unspecified atom stereocenters. The lowest BCUT2D eigenvalue weighted by atomic mass is 10.2. The van der Waals surface area contributed by atoms with Crippen LogP contribution in [0.4, 0.5) is 0 Å². The second kappa shape index (κ2) is 2.59. The van der Waals surface area contributed by atoms with Gasteiger partial charge in [-0.3, -0.25) is 9.67 Å². The van der Waals surface area contributed by atoms with Crippen LogP contribution in [0.5, 0.6) is 0 Å². The van der Waals surface area contributed by atoms with Crippen LogP contribution in [-0.2, 0) is 6.54 Å². The quantitative estimate of drug-likeness (QED) is 0.638. The summed E-state index contributed by atoms with van der Waals surface area (Å²) in [7, 11) is 0. The van der Waals surface area contributed by atoms with Crippen LogP contribution in [0.3, 0.4) is 0 Å². The number of nitrogens with zero attached hydrogens (tertiary/aromatic N) is 3. The first kappa shape index (κ1) is 7.28. The summed E-state index contributed by atoms with van der Waals surface area (Å²) < 4.78 is 1.98. The number of pyridine rings is 1. The monoisotopic (exact) mass is 161 g/mol. The van der Waals surface area contributed by atoms with Crippen LogP contribution in [0.1, 0.15) is 12.6 Å². The van der Waals surface area contributed by atoms with Gasteiger partial charge in [0.25, 0.3) is 0 Å². The molecule has 3 heteroatoms. The summed E-state index contributed by atoms with van der Waals surface area (Å²) >= 11 is 0. The second-order valence-electron chi connectivity index (χ2n) is 2.79. The third-order valence-corrected chi connectivity index (χ3v) is 2.07. The van der Waals surface area contributed by atoms with E-state index in [-0.39, 0.29) is 0 Å². The molecule has 2 rings (SSSR count). The molecule has 0 aliphatic heterocycles. The van der Waals surface area contributed by atoms with Crippen LogP contribution in [0.2, 0.25) is 0 Å². The average molecular weight is 161 g/mol. The van der Waals surface area contributed by atoms with Gasteiger partial charge in [0, 0.05) is 23.8 Å². The van der Waals surface area contributed by atoms with Crippen molar-refractivity contribution in [3.8, 4) is 0 Å². The highest BCUT2D eigenvalue weighted by Gasteiger charge is 2.02. The molecule has 3 nitrogen and oxygen atoms in total. The molecule has 2 aromatic rings. The van der Waals surface area contributed by atoms with Gasteiger partial charge in [0.15, 0.2) is 0 Å². The Morgan fingerprint density at radius 2 is 2.33 bits per heavy atom. The molecule has 0 radical (unpaired) electrons. The largest absolute Gasteiger partial charge is 0.265 e. The van der Waals surface area contributed by atoms with E-state index < -0.39 is 0 Å². The fourth-order valence-electron chi connectivity index (χ4n) is 1.39. The Morgan fingerprint density at radius 3 is 3.08 bits per heavy atom. The summed E-state index contributed by atoms with van der Waals surface area (Å²) in [5.41, 5.74) is 2.22. The van der Waals surface area contributed by atoms with Crippen LogP contribution in [-0.4, -0.2) is 14.8 Å². The second-order valence-corrected chi connectivity index (χ2v) is 2.79. The van der Waals surface area contributed by atoms with Gasteiger partial charge < -0.3 is 0 Å². The minimum atomic E-state index is 0.910. The van der Waals surface area contributed by atoms with Crippen molar-refractivity contribution >= 4 is 10.9 Å². The Morgan fingerprint density at radius 1 is 1.50 bits per heavy atom. The minimum absolute atomic E-state index is 0.910. The van der Waals surface area contributed by atoms with E-state index in [1.54, 1.807) is 0 Å². The molecule has 0 bridgehead atoms. The molecule has 0 aliphatic carbocycles. The molecular formula is C9H11N3. The van der Waals surface area contributed by atoms with Crippen LogP contribution < -0.4 is 0 Å². The predicted octanol–water partition coefficient (Wildman–Crippen LogP) is 1.76. The van der Waals surface area contributed by atoms with Gasteiger partial charge in [-0.05, 0) is 19.9 Å². The third-order valence-electron chi connectivity index (χ3n) is 2.07. The Labute approximate surface area is 71.0 Å². The maximum Gasteiger partial charge on any atom is 0.0715 e. The molecule has 0 aromatic carbocycles. The number of hydrogen-bond donors (Lipinski definition) is 0. The fraction of sp³-hybridized carbons (Fsp3) is 0.333. The highest BCUT2D eigenvalue weighted by Crippen LogP contribution is 2.14. The summed E-state index contributed by atoms with van der Waals surface area (Å²) in [6.45, 7) is 5.00. The van der Waals surface area contributed by atoms with E-state index in [0.717, 1.165) is 17.6 Å². The molecule has 2 heterocycles. The van der Waals surface area contributed by atoms with Crippen molar-refractivity contribution < 1.29 is 0 Å². The van der Waals surface area contributed by atoms with Gasteiger partial charge >= 0.3 is 0 Å². The Bertz CT molecular complexity index is 403. The van der Waals surface area contributed by atoms with Crippen molar-refractivity contribution in [2.45, 2.75) is 20.4 Å². The van der Waals surface area contributed by atoms with E-state index in [9.17, 15) is 0 Å². The number of aryl methyl sites for hydroxylation is 2. The summed E-state index contributed by atoms with van der Waals surface area (Å²) in [5.74, 6) is 0. The first-order valence-electron chi connectivity index (χ1n) is 4.10. The van der Waals surface area contributed by atoms with Crippen molar-refractivity contribution in [2.24, 2.45) is 0 Å². The fourth-order valence-corrected chi connectivity index (χ4v) is 1.39. The van der Waals surface area contributed by atoms with Crippen molar-refractivity contribution in [1.82, 2.24) is 14.8 Å². The van der Waals surface area contributed by atoms with E-state index in [1.165, 1.54) is 5.52 Å². The number of aromatic nitrogens is 3. The van der Waals surface area contributed by atoms with E-state index >= 15 is 0 Å². The van der Waals surface area contributed by atoms with Crippen LogP contribution in [0, 0.1) is 6.92 Å². The van der Waals surface area contributed by atoms with Crippen molar-refractivity contribution in [3.63, 3.8) is 0 Å². The zero-order valence-electron chi connectivity index (χ0n) is 7.28. The number of fused-ring (bicyclic) bond motifs is 1. The summed E-state index contributed by atoms with van der Waals surface area (Å²) in [6.07, 6.45) is 3.70. The predicted molar refractivity (Wildman–Crippen MR) is 47.9 cm³/mol. The molecule has 0 saturated carbocycles. The topological polar surface area (TPSA) is 30.7 Å². The first-order chi connectivity index (χ1) is 5.83. The van der Waals surface area contributed by atoms with Gasteiger partial charge in [-0.1, -0.05) is 0 Å². The average Bonchev–Trinajstić information content (AvgIpc) is 2.49. The molecule has 0 fully saturated rings. The normalized spacial score (nSPS) is 10.8. The van der Waals surface area contributed by atoms with Crippen LogP contribution in [0.25, 0.3) is 10.9 Å². The van der Waals surface area contributed by atoms with E-state index in [1.807, 2.05) is 30.1 Å². The zero-order valence-corrected chi connectivity index (χ0v) is 7.28. The molecule has 12 heavy (non-hydrogen) atoms. The maximum atomic E-state index is 4.25. The molecule has 0 amide bonds. The Balaban J connectivity index is 2.80. The molecule has 0 atom stereocenters. The number of hydrogen-bond acceptors (Lipinski definition) is 2. The van der Waals surface area contributed by atoms with E-state index in [2.05, 4.69) is 17.0 Å². The summed E-state index contributed by atoms with van der Waals surface area (Å²) in [5, 5.41) is 5.40. The first-order valence-corrected chi connectivity index (χ1v) is 4.10. The molecule has 62 valence electrons. The van der Waals surface area contributed by atoms with Crippen LogP contribution >= 0.6 is 0 Å². The van der Waals surface area contributed by atoms with E-state index in [0.29, 0.717) is 0 Å². The summed E-state index contributed by atoms with van der Waals surface area (Å²) in [6, 6.07) is 2.00. The van der Waals surface area contributed by atoms with Crippen molar-refractivity contribution in [2.75, 3.05) is 0 Å². The number of rotatable bonds is 1. The maximum absolute atomic E-state index is 4.25. The Kier molecular flexibility index (Phi) is 1.57. The SMILES string of the molecule is CCn1ncc2c(C)nccc21. The zero-order chi connectivity index (χ0) is 8.55. The molecular weight excluding hydrogens is 150 g/mol. The summed E-state index contributed by atoms with van der Waals surface area (Å²) in [4.78, 5) is 4.20. The van der Waals surface area contributed by atoms with Gasteiger partial charge in [-0.15, -0.1) is 0 Å². The standard InChI is InChI=1S/C9H11N3/c1-3-12-9-4-5-10-7(2)8(9)6-11-12/h4-6H,3H2,1-2H3. The van der Waals surface area contributed by atoms with E-state index in [4.69, 9.17) is 0 Å². The lowest BCUT2D eigenvalue weighted by Gasteiger charge is -1.97.